The van der Waals surface area contributed by atoms with Gasteiger partial charge in [-0.1, -0.05) is 60.7 Å². The van der Waals surface area contributed by atoms with Crippen molar-refractivity contribution in [1.29, 1.82) is 0 Å². The van der Waals surface area contributed by atoms with Crippen molar-refractivity contribution in [3.63, 3.8) is 0 Å². The van der Waals surface area contributed by atoms with Gasteiger partial charge in [-0.15, -0.1) is 0 Å². The Morgan fingerprint density at radius 3 is 2.71 bits per heavy atom. The van der Waals surface area contributed by atoms with Gasteiger partial charge in [0.15, 0.2) is 6.61 Å². The Morgan fingerprint density at radius 1 is 1.24 bits per heavy atom. The lowest BCUT2D eigenvalue weighted by atomic mass is 10.1. The number of halogens is 1. The fraction of sp³-hybridized carbons (Fsp3) is 0.160. The third kappa shape index (κ3) is 5.88. The molecule has 1 aliphatic heterocycles. The molecule has 1 fully saturated rings. The molecule has 2 amide bonds. The number of carbonyl (C=O) groups excluding carboxylic acids is 2. The molecule has 1 aromatic heterocycles. The number of amides is 2. The highest BCUT2D eigenvalue weighted by Gasteiger charge is 2.32. The van der Waals surface area contributed by atoms with Gasteiger partial charge >= 0.3 is 0 Å². The fourth-order valence-corrected chi connectivity index (χ4v) is 4.73. The molecule has 0 unspecified atom stereocenters. The zero-order valence-electron chi connectivity index (χ0n) is 18.2. The molecule has 0 radical (unpaired) electrons. The maximum absolute atomic E-state index is 12.8. The van der Waals surface area contributed by atoms with Crippen molar-refractivity contribution < 1.29 is 18.7 Å². The van der Waals surface area contributed by atoms with Crippen molar-refractivity contribution >= 4 is 63.5 Å². The van der Waals surface area contributed by atoms with Gasteiger partial charge in [-0.05, 0) is 60.0 Å². The van der Waals surface area contributed by atoms with Crippen LogP contribution < -0.4 is 10.1 Å². The van der Waals surface area contributed by atoms with Crippen molar-refractivity contribution in [2.45, 2.75) is 19.9 Å². The predicted molar refractivity (Wildman–Crippen MR) is 139 cm³/mol. The van der Waals surface area contributed by atoms with Crippen molar-refractivity contribution in [3.8, 4) is 5.75 Å². The van der Waals surface area contributed by atoms with Crippen LogP contribution in [-0.4, -0.2) is 27.6 Å². The molecule has 174 valence electrons. The van der Waals surface area contributed by atoms with Crippen LogP contribution in [0.25, 0.3) is 6.08 Å². The van der Waals surface area contributed by atoms with Gasteiger partial charge in [-0.3, -0.25) is 14.5 Å². The van der Waals surface area contributed by atoms with Crippen LogP contribution in [0.2, 0.25) is 5.02 Å². The number of aryl methyl sites for hydroxylation is 1. The molecule has 0 saturated carbocycles. The molecule has 34 heavy (non-hydrogen) atoms. The molecule has 0 aliphatic carbocycles. The fourth-order valence-electron chi connectivity index (χ4n) is 3.23. The van der Waals surface area contributed by atoms with Crippen molar-refractivity contribution in [2.75, 3.05) is 11.9 Å². The van der Waals surface area contributed by atoms with Crippen LogP contribution in [0.1, 0.15) is 23.8 Å². The van der Waals surface area contributed by atoms with E-state index in [2.05, 4.69) is 12.2 Å². The number of carbonyl (C=O) groups is 2. The van der Waals surface area contributed by atoms with Gasteiger partial charge in [-0.25, -0.2) is 0 Å². The van der Waals surface area contributed by atoms with Crippen LogP contribution in [0.15, 0.2) is 70.2 Å². The summed E-state index contributed by atoms with van der Waals surface area (Å²) in [6.45, 7) is 2.18. The lowest BCUT2D eigenvalue weighted by molar-refractivity contribution is -0.122. The summed E-state index contributed by atoms with van der Waals surface area (Å²) in [6, 6.07) is 16.3. The zero-order valence-corrected chi connectivity index (χ0v) is 20.6. The Kier molecular flexibility index (Phi) is 7.72. The first-order chi connectivity index (χ1) is 16.4. The molecular formula is C25H21ClN2O4S2. The number of anilines is 1. The van der Waals surface area contributed by atoms with E-state index in [4.69, 9.17) is 33.0 Å². The van der Waals surface area contributed by atoms with Gasteiger partial charge in [0.25, 0.3) is 11.8 Å². The average Bonchev–Trinajstić information content (AvgIpc) is 3.43. The zero-order chi connectivity index (χ0) is 24.1. The lowest BCUT2D eigenvalue weighted by Crippen LogP contribution is -2.27. The summed E-state index contributed by atoms with van der Waals surface area (Å²) >= 11 is 12.9. The monoisotopic (exact) mass is 512 g/mol. The smallest absolute Gasteiger partial charge is 0.266 e. The summed E-state index contributed by atoms with van der Waals surface area (Å²) in [5, 5.41) is 3.12. The molecule has 1 saturated heterocycles. The summed E-state index contributed by atoms with van der Waals surface area (Å²) in [6.07, 6.45) is 4.22. The van der Waals surface area contributed by atoms with Gasteiger partial charge in [0.2, 0.25) is 0 Å². The van der Waals surface area contributed by atoms with E-state index in [1.165, 1.54) is 22.2 Å². The van der Waals surface area contributed by atoms with Crippen LogP contribution in [0.5, 0.6) is 5.75 Å². The number of nitrogens with one attached hydrogen (secondary N) is 1. The predicted octanol–water partition coefficient (Wildman–Crippen LogP) is 5.91. The van der Waals surface area contributed by atoms with Gasteiger partial charge < -0.3 is 14.5 Å². The summed E-state index contributed by atoms with van der Waals surface area (Å²) < 4.78 is 11.4. The number of furan rings is 1. The van der Waals surface area contributed by atoms with Gasteiger partial charge in [0, 0.05) is 5.69 Å². The quantitative estimate of drug-likeness (QED) is 0.298. The highest BCUT2D eigenvalue weighted by atomic mass is 35.5. The molecule has 9 heteroatoms. The minimum Gasteiger partial charge on any atom is -0.482 e. The van der Waals surface area contributed by atoms with Crippen molar-refractivity contribution in [2.24, 2.45) is 0 Å². The van der Waals surface area contributed by atoms with Crippen LogP contribution in [0.3, 0.4) is 0 Å². The van der Waals surface area contributed by atoms with E-state index < -0.39 is 0 Å². The molecule has 3 aromatic rings. The van der Waals surface area contributed by atoms with E-state index in [1.807, 2.05) is 24.3 Å². The second kappa shape index (κ2) is 10.9. The SMILES string of the molecule is CCc1ccc(NC(=O)COc2ccc(/C=C3\SC(=S)N(Cc4ccco4)C3=O)cc2Cl)cc1. The lowest BCUT2D eigenvalue weighted by Gasteiger charge is -2.12. The molecule has 2 heterocycles. The van der Waals surface area contributed by atoms with Gasteiger partial charge in [0.1, 0.15) is 15.8 Å². The van der Waals surface area contributed by atoms with E-state index in [0.29, 0.717) is 31.4 Å². The number of thioether (sulfide) groups is 1. The first kappa shape index (κ1) is 24.1. The molecule has 1 N–H and O–H groups in total. The number of hydrogen-bond acceptors (Lipinski definition) is 6. The molecule has 1 aliphatic rings. The van der Waals surface area contributed by atoms with E-state index in [9.17, 15) is 9.59 Å². The topological polar surface area (TPSA) is 71.8 Å². The number of hydrogen-bond donors (Lipinski definition) is 1. The highest BCUT2D eigenvalue weighted by molar-refractivity contribution is 8.26. The van der Waals surface area contributed by atoms with Crippen LogP contribution in [0, 0.1) is 0 Å². The molecule has 2 aromatic carbocycles. The summed E-state index contributed by atoms with van der Waals surface area (Å²) in [7, 11) is 0. The molecule has 4 rings (SSSR count). The average molecular weight is 513 g/mol. The maximum Gasteiger partial charge on any atom is 0.266 e. The Bertz CT molecular complexity index is 1240. The minimum atomic E-state index is -0.287. The summed E-state index contributed by atoms with van der Waals surface area (Å²) in [5.74, 6) is 0.556. The van der Waals surface area contributed by atoms with Gasteiger partial charge in [0.05, 0.1) is 22.7 Å². The molecule has 0 bridgehead atoms. The van der Waals surface area contributed by atoms with E-state index in [0.717, 1.165) is 12.0 Å². The third-order valence-electron chi connectivity index (χ3n) is 5.03. The molecular weight excluding hydrogens is 492 g/mol. The number of rotatable bonds is 8. The first-order valence-corrected chi connectivity index (χ1v) is 12.1. The number of thiocarbonyl (C=S) groups is 1. The molecule has 0 atom stereocenters. The molecule has 6 nitrogen and oxygen atoms in total. The summed E-state index contributed by atoms with van der Waals surface area (Å²) in [5.41, 5.74) is 2.62. The van der Waals surface area contributed by atoms with Crippen LogP contribution in [0.4, 0.5) is 5.69 Å². The second-order valence-corrected chi connectivity index (χ2v) is 9.51. The second-order valence-electron chi connectivity index (χ2n) is 7.42. The normalized spacial score (nSPS) is 14.6. The summed E-state index contributed by atoms with van der Waals surface area (Å²) in [4.78, 5) is 27.0. The molecule has 0 spiro atoms. The number of benzene rings is 2. The Morgan fingerprint density at radius 2 is 2.03 bits per heavy atom. The largest absolute Gasteiger partial charge is 0.482 e. The Labute approximate surface area is 211 Å². The number of nitrogens with zero attached hydrogens (tertiary/aromatic N) is 1. The standard InChI is InChI=1S/C25H21ClN2O4S2/c1-2-16-5-8-18(9-6-16)27-23(29)15-32-21-10-7-17(12-20(21)26)13-22-24(30)28(25(33)34-22)14-19-4-3-11-31-19/h3-13H,2,14-15H2,1H3,(H,27,29)/b22-13-. The van der Waals surface area contributed by atoms with E-state index in [-0.39, 0.29) is 25.0 Å². The maximum atomic E-state index is 12.8. The first-order valence-electron chi connectivity index (χ1n) is 10.5. The third-order valence-corrected chi connectivity index (χ3v) is 6.70. The van der Waals surface area contributed by atoms with E-state index >= 15 is 0 Å². The van der Waals surface area contributed by atoms with Crippen molar-refractivity contribution in [1.82, 2.24) is 4.90 Å². The van der Waals surface area contributed by atoms with Gasteiger partial charge in [-0.2, -0.15) is 0 Å². The minimum absolute atomic E-state index is 0.181. The van der Waals surface area contributed by atoms with Crippen LogP contribution in [-0.2, 0) is 22.6 Å². The van der Waals surface area contributed by atoms with E-state index in [1.54, 1.807) is 42.7 Å². The highest BCUT2D eigenvalue weighted by Crippen LogP contribution is 2.35. The Hall–Kier alpha value is -3.07. The Balaban J connectivity index is 1.36. The van der Waals surface area contributed by atoms with Crippen molar-refractivity contribution in [3.05, 3.63) is 87.7 Å². The van der Waals surface area contributed by atoms with Crippen LogP contribution >= 0.6 is 35.6 Å². The number of ether oxygens (including phenoxy) is 1.